The second kappa shape index (κ2) is 9.10. The van der Waals surface area contributed by atoms with E-state index in [1.165, 1.54) is 11.1 Å². The molecule has 0 atom stereocenters. The molecule has 0 saturated carbocycles. The highest BCUT2D eigenvalue weighted by atomic mass is 32.2. The smallest absolute Gasteiger partial charge is 0.193 e. The Kier molecular flexibility index (Phi) is 6.81. The lowest BCUT2D eigenvalue weighted by atomic mass is 10.2. The molecule has 4 nitrogen and oxygen atoms in total. The van der Waals surface area contributed by atoms with Crippen LogP contribution in [0.4, 0.5) is 5.69 Å². The maximum absolute atomic E-state index is 5.91. The van der Waals surface area contributed by atoms with Gasteiger partial charge in [0.1, 0.15) is 5.75 Å². The van der Waals surface area contributed by atoms with Gasteiger partial charge in [-0.15, -0.1) is 0 Å². The van der Waals surface area contributed by atoms with E-state index < -0.39 is 0 Å². The normalized spacial score (nSPS) is 11.3. The molecule has 2 aromatic rings. The zero-order valence-electron chi connectivity index (χ0n) is 13.6. The number of nitrogens with zero attached hydrogens (tertiary/aromatic N) is 1. The third-order valence-corrected chi connectivity index (χ3v) is 4.29. The van der Waals surface area contributed by atoms with Gasteiger partial charge in [0.15, 0.2) is 5.96 Å². The fraction of sp³-hybridized carbons (Fsp3) is 0.278. The van der Waals surface area contributed by atoms with E-state index >= 15 is 0 Å². The van der Waals surface area contributed by atoms with Gasteiger partial charge in [0.2, 0.25) is 0 Å². The first-order chi connectivity index (χ1) is 11.2. The van der Waals surface area contributed by atoms with Gasteiger partial charge < -0.3 is 15.8 Å². The Morgan fingerprint density at radius 2 is 1.91 bits per heavy atom. The van der Waals surface area contributed by atoms with Crippen LogP contribution < -0.4 is 15.8 Å². The van der Waals surface area contributed by atoms with Gasteiger partial charge in [-0.3, -0.25) is 4.99 Å². The monoisotopic (exact) mass is 329 g/mol. The van der Waals surface area contributed by atoms with E-state index in [9.17, 15) is 0 Å². The van der Waals surface area contributed by atoms with E-state index in [-0.39, 0.29) is 0 Å². The third-order valence-electron chi connectivity index (χ3n) is 3.28. The molecule has 0 aliphatic carbocycles. The van der Waals surface area contributed by atoms with Crippen LogP contribution in [0.2, 0.25) is 0 Å². The molecule has 2 rings (SSSR count). The minimum atomic E-state index is 0.408. The highest BCUT2D eigenvalue weighted by Gasteiger charge is 2.02. The standard InChI is InChI=1S/C18H23N3OS/c1-14-7-9-15(10-8-14)13-23-12-11-20-18(19)21-16-5-3-4-6-17(16)22-2/h3-10H,11-13H2,1-2H3,(H3,19,20,21). The summed E-state index contributed by atoms with van der Waals surface area (Å²) in [6.45, 7) is 2.79. The fourth-order valence-corrected chi connectivity index (χ4v) is 2.82. The Labute approximate surface area is 142 Å². The van der Waals surface area contributed by atoms with Crippen LogP contribution in [0.25, 0.3) is 0 Å². The lowest BCUT2D eigenvalue weighted by Crippen LogP contribution is -2.23. The van der Waals surface area contributed by atoms with Crippen LogP contribution in [0.3, 0.4) is 0 Å². The maximum atomic E-state index is 5.91. The molecule has 23 heavy (non-hydrogen) atoms. The first-order valence-corrected chi connectivity index (χ1v) is 8.68. The molecule has 0 spiro atoms. The van der Waals surface area contributed by atoms with Crippen molar-refractivity contribution in [3.63, 3.8) is 0 Å². The minimum absolute atomic E-state index is 0.408. The summed E-state index contributed by atoms with van der Waals surface area (Å²) in [5.41, 5.74) is 9.36. The molecule has 122 valence electrons. The van der Waals surface area contributed by atoms with Gasteiger partial charge in [0.25, 0.3) is 0 Å². The van der Waals surface area contributed by atoms with Gasteiger partial charge in [0.05, 0.1) is 19.3 Å². The SMILES string of the molecule is COc1ccccc1NC(N)=NCCSCc1ccc(C)cc1. The number of thioether (sulfide) groups is 1. The summed E-state index contributed by atoms with van der Waals surface area (Å²) in [6.07, 6.45) is 0. The van der Waals surface area contributed by atoms with Crippen molar-refractivity contribution in [2.45, 2.75) is 12.7 Å². The molecule has 0 heterocycles. The van der Waals surface area contributed by atoms with Crippen molar-refractivity contribution in [1.29, 1.82) is 0 Å². The van der Waals surface area contributed by atoms with Crippen LogP contribution in [0.15, 0.2) is 53.5 Å². The quantitative estimate of drug-likeness (QED) is 0.462. The van der Waals surface area contributed by atoms with Crippen LogP contribution in [-0.4, -0.2) is 25.4 Å². The second-order valence-electron chi connectivity index (χ2n) is 5.13. The number of methoxy groups -OCH3 is 1. The average molecular weight is 329 g/mol. The number of para-hydroxylation sites is 2. The Morgan fingerprint density at radius 1 is 1.17 bits per heavy atom. The molecule has 0 aliphatic heterocycles. The molecule has 0 aromatic heterocycles. The van der Waals surface area contributed by atoms with E-state index in [2.05, 4.69) is 41.5 Å². The predicted octanol–water partition coefficient (Wildman–Crippen LogP) is 3.66. The number of hydrogen-bond donors (Lipinski definition) is 2. The van der Waals surface area contributed by atoms with Crippen molar-refractivity contribution in [3.05, 3.63) is 59.7 Å². The van der Waals surface area contributed by atoms with Crippen molar-refractivity contribution >= 4 is 23.4 Å². The van der Waals surface area contributed by atoms with E-state index in [1.807, 2.05) is 36.0 Å². The second-order valence-corrected chi connectivity index (χ2v) is 6.24. The van der Waals surface area contributed by atoms with E-state index in [4.69, 9.17) is 10.5 Å². The van der Waals surface area contributed by atoms with Gasteiger partial charge in [-0.25, -0.2) is 0 Å². The van der Waals surface area contributed by atoms with Crippen molar-refractivity contribution in [1.82, 2.24) is 0 Å². The molecular weight excluding hydrogens is 306 g/mol. The number of guanidine groups is 1. The highest BCUT2D eigenvalue weighted by Crippen LogP contribution is 2.22. The first-order valence-electron chi connectivity index (χ1n) is 7.52. The van der Waals surface area contributed by atoms with E-state index in [1.54, 1.807) is 7.11 Å². The maximum Gasteiger partial charge on any atom is 0.193 e. The summed E-state index contributed by atoms with van der Waals surface area (Å²) in [6, 6.07) is 16.3. The molecular formula is C18H23N3OS. The van der Waals surface area contributed by atoms with Crippen LogP contribution in [0.1, 0.15) is 11.1 Å². The average Bonchev–Trinajstić information content (AvgIpc) is 2.57. The lowest BCUT2D eigenvalue weighted by Gasteiger charge is -2.10. The molecule has 0 radical (unpaired) electrons. The summed E-state index contributed by atoms with van der Waals surface area (Å²) in [5, 5.41) is 3.07. The zero-order valence-corrected chi connectivity index (χ0v) is 14.4. The Hall–Kier alpha value is -2.14. The van der Waals surface area contributed by atoms with Crippen LogP contribution in [0.5, 0.6) is 5.75 Å². The van der Waals surface area contributed by atoms with Crippen molar-refractivity contribution in [2.24, 2.45) is 10.7 Å². The van der Waals surface area contributed by atoms with Gasteiger partial charge in [-0.2, -0.15) is 11.8 Å². The molecule has 2 aromatic carbocycles. The van der Waals surface area contributed by atoms with Crippen molar-refractivity contribution in [2.75, 3.05) is 24.7 Å². The molecule has 5 heteroatoms. The van der Waals surface area contributed by atoms with Crippen LogP contribution in [0, 0.1) is 6.92 Å². The van der Waals surface area contributed by atoms with Gasteiger partial charge in [0, 0.05) is 11.5 Å². The Bertz CT molecular complexity index is 641. The highest BCUT2D eigenvalue weighted by molar-refractivity contribution is 7.98. The number of aliphatic imine (C=N–C) groups is 1. The summed E-state index contributed by atoms with van der Waals surface area (Å²) in [7, 11) is 1.63. The number of nitrogens with one attached hydrogen (secondary N) is 1. The van der Waals surface area contributed by atoms with Crippen molar-refractivity contribution in [3.8, 4) is 5.75 Å². The van der Waals surface area contributed by atoms with Crippen molar-refractivity contribution < 1.29 is 4.74 Å². The summed E-state index contributed by atoms with van der Waals surface area (Å²) >= 11 is 1.85. The zero-order chi connectivity index (χ0) is 16.5. The largest absolute Gasteiger partial charge is 0.495 e. The topological polar surface area (TPSA) is 59.6 Å². The van der Waals surface area contributed by atoms with Crippen LogP contribution >= 0.6 is 11.8 Å². The van der Waals surface area contributed by atoms with E-state index in [0.717, 1.165) is 22.9 Å². The number of aryl methyl sites for hydroxylation is 1. The number of nitrogens with two attached hydrogens (primary N) is 1. The number of ether oxygens (including phenoxy) is 1. The molecule has 0 fully saturated rings. The minimum Gasteiger partial charge on any atom is -0.495 e. The van der Waals surface area contributed by atoms with Gasteiger partial charge in [-0.1, -0.05) is 42.0 Å². The lowest BCUT2D eigenvalue weighted by molar-refractivity contribution is 0.417. The number of anilines is 1. The molecule has 0 unspecified atom stereocenters. The Balaban J connectivity index is 1.73. The summed E-state index contributed by atoms with van der Waals surface area (Å²) < 4.78 is 5.27. The number of rotatable bonds is 7. The molecule has 0 bridgehead atoms. The summed E-state index contributed by atoms with van der Waals surface area (Å²) in [4.78, 5) is 4.35. The van der Waals surface area contributed by atoms with Gasteiger partial charge in [-0.05, 0) is 24.6 Å². The number of hydrogen-bond acceptors (Lipinski definition) is 3. The van der Waals surface area contributed by atoms with E-state index in [0.29, 0.717) is 12.5 Å². The first kappa shape index (κ1) is 17.2. The molecule has 0 amide bonds. The van der Waals surface area contributed by atoms with Gasteiger partial charge >= 0.3 is 0 Å². The Morgan fingerprint density at radius 3 is 2.65 bits per heavy atom. The summed E-state index contributed by atoms with van der Waals surface area (Å²) in [5.74, 6) is 3.09. The fourth-order valence-electron chi connectivity index (χ4n) is 2.03. The number of benzene rings is 2. The predicted molar refractivity (Wildman–Crippen MR) is 100 cm³/mol. The molecule has 3 N–H and O–H groups in total. The molecule has 0 saturated heterocycles. The van der Waals surface area contributed by atoms with Crippen LogP contribution in [-0.2, 0) is 5.75 Å². The molecule has 0 aliphatic rings. The third kappa shape index (κ3) is 5.87.